The number of phenols is 1. The zero-order valence-corrected chi connectivity index (χ0v) is 18.6. The molecule has 2 heterocycles. The van der Waals surface area contributed by atoms with Crippen LogP contribution < -0.4 is 9.64 Å². The Morgan fingerprint density at radius 3 is 2.41 bits per heavy atom. The molecule has 4 nitrogen and oxygen atoms in total. The van der Waals surface area contributed by atoms with Crippen LogP contribution in [0.4, 0.5) is 5.69 Å². The van der Waals surface area contributed by atoms with E-state index in [2.05, 4.69) is 70.5 Å². The maximum Gasteiger partial charge on any atom is 0.119 e. The topological polar surface area (TPSA) is 35.9 Å². The monoisotopic (exact) mass is 428 g/mol. The summed E-state index contributed by atoms with van der Waals surface area (Å²) in [6.45, 7) is 5.06. The van der Waals surface area contributed by atoms with Gasteiger partial charge < -0.3 is 14.7 Å². The molecule has 166 valence electrons. The lowest BCUT2D eigenvalue weighted by molar-refractivity contribution is 0.183. The van der Waals surface area contributed by atoms with Crippen LogP contribution in [0, 0.1) is 0 Å². The average molecular weight is 429 g/mol. The lowest BCUT2D eigenvalue weighted by Crippen LogP contribution is -2.36. The predicted molar refractivity (Wildman–Crippen MR) is 130 cm³/mol. The predicted octanol–water partition coefficient (Wildman–Crippen LogP) is 5.41. The Balaban J connectivity index is 1.35. The molecule has 0 aliphatic carbocycles. The third kappa shape index (κ3) is 4.61. The molecule has 0 unspecified atom stereocenters. The third-order valence-electron chi connectivity index (χ3n) is 6.76. The van der Waals surface area contributed by atoms with Crippen molar-refractivity contribution in [3.8, 4) is 11.5 Å². The van der Waals surface area contributed by atoms with Crippen LogP contribution in [-0.4, -0.2) is 42.8 Å². The SMILES string of the molecule is Oc1ccc2c(c1)CCN(c1ccccc1)[C@H]2c1ccc(OCCN2CCCCC2)cc1. The molecule has 2 aliphatic heterocycles. The van der Waals surface area contributed by atoms with Crippen LogP contribution in [0.1, 0.15) is 42.0 Å². The minimum atomic E-state index is 0.115. The van der Waals surface area contributed by atoms with Gasteiger partial charge in [0, 0.05) is 18.8 Å². The highest BCUT2D eigenvalue weighted by molar-refractivity contribution is 5.57. The summed E-state index contributed by atoms with van der Waals surface area (Å²) in [6, 6.07) is 25.1. The standard InChI is InChI=1S/C28H32N2O2/c31-25-11-14-27-23(21-25)15-18-30(24-7-3-1-4-8-24)28(27)22-9-12-26(13-10-22)32-20-19-29-16-5-2-6-17-29/h1,3-4,7-14,21,28,31H,2,5-6,15-20H2/t28-/m0/s1. The summed E-state index contributed by atoms with van der Waals surface area (Å²) in [6.07, 6.45) is 4.91. The minimum Gasteiger partial charge on any atom is -0.508 e. The van der Waals surface area contributed by atoms with Crippen LogP contribution in [0.5, 0.6) is 11.5 Å². The van der Waals surface area contributed by atoms with Crippen LogP contribution in [0.3, 0.4) is 0 Å². The molecule has 5 rings (SSSR count). The van der Waals surface area contributed by atoms with Crippen molar-refractivity contribution >= 4 is 5.69 Å². The van der Waals surface area contributed by atoms with Gasteiger partial charge in [-0.1, -0.05) is 42.8 Å². The van der Waals surface area contributed by atoms with E-state index in [4.69, 9.17) is 4.74 Å². The second kappa shape index (κ2) is 9.66. The van der Waals surface area contributed by atoms with Gasteiger partial charge in [0.2, 0.25) is 0 Å². The van der Waals surface area contributed by atoms with Crippen molar-refractivity contribution < 1.29 is 9.84 Å². The van der Waals surface area contributed by atoms with Crippen LogP contribution in [-0.2, 0) is 6.42 Å². The lowest BCUT2D eigenvalue weighted by atomic mass is 9.87. The van der Waals surface area contributed by atoms with Gasteiger partial charge in [0.05, 0.1) is 6.04 Å². The Morgan fingerprint density at radius 2 is 1.62 bits per heavy atom. The molecule has 3 aromatic carbocycles. The zero-order valence-electron chi connectivity index (χ0n) is 18.6. The molecule has 32 heavy (non-hydrogen) atoms. The number of hydrogen-bond acceptors (Lipinski definition) is 4. The fourth-order valence-corrected chi connectivity index (χ4v) is 5.09. The van der Waals surface area contributed by atoms with Crippen molar-refractivity contribution in [2.45, 2.75) is 31.7 Å². The molecule has 1 fully saturated rings. The lowest BCUT2D eigenvalue weighted by Gasteiger charge is -2.39. The molecule has 1 atom stereocenters. The average Bonchev–Trinajstić information content (AvgIpc) is 2.85. The van der Waals surface area contributed by atoms with Gasteiger partial charge in [-0.05, 0) is 85.4 Å². The molecule has 0 amide bonds. The Labute approximate surface area is 191 Å². The van der Waals surface area contributed by atoms with Crippen molar-refractivity contribution in [1.29, 1.82) is 0 Å². The van der Waals surface area contributed by atoms with Crippen LogP contribution in [0.15, 0.2) is 72.8 Å². The van der Waals surface area contributed by atoms with Gasteiger partial charge >= 0.3 is 0 Å². The van der Waals surface area contributed by atoms with Crippen molar-refractivity contribution in [2.75, 3.05) is 37.7 Å². The van der Waals surface area contributed by atoms with Gasteiger partial charge in [-0.15, -0.1) is 0 Å². The first kappa shape index (κ1) is 20.9. The van der Waals surface area contributed by atoms with Crippen molar-refractivity contribution in [3.05, 3.63) is 89.5 Å². The summed E-state index contributed by atoms with van der Waals surface area (Å²) in [5.74, 6) is 1.27. The fraction of sp³-hybridized carbons (Fsp3) is 0.357. The maximum atomic E-state index is 10.0. The molecule has 0 aromatic heterocycles. The number of ether oxygens (including phenoxy) is 1. The summed E-state index contributed by atoms with van der Waals surface area (Å²) in [5.41, 5.74) is 4.95. The van der Waals surface area contributed by atoms with E-state index in [-0.39, 0.29) is 6.04 Å². The molecule has 1 N–H and O–H groups in total. The molecular formula is C28H32N2O2. The highest BCUT2D eigenvalue weighted by atomic mass is 16.5. The number of nitrogens with zero attached hydrogens (tertiary/aromatic N) is 2. The van der Waals surface area contributed by atoms with E-state index < -0.39 is 0 Å². The quantitative estimate of drug-likeness (QED) is 0.570. The molecule has 0 saturated carbocycles. The van der Waals surface area contributed by atoms with E-state index in [0.29, 0.717) is 5.75 Å². The maximum absolute atomic E-state index is 10.0. The zero-order chi connectivity index (χ0) is 21.8. The molecule has 0 spiro atoms. The van der Waals surface area contributed by atoms with E-state index in [1.165, 1.54) is 54.7 Å². The number of anilines is 1. The molecule has 1 saturated heterocycles. The van der Waals surface area contributed by atoms with Crippen LogP contribution >= 0.6 is 0 Å². The summed E-state index contributed by atoms with van der Waals surface area (Å²) in [4.78, 5) is 4.97. The molecule has 0 radical (unpaired) electrons. The first-order valence-electron chi connectivity index (χ1n) is 11.9. The summed E-state index contributed by atoms with van der Waals surface area (Å²) < 4.78 is 6.06. The van der Waals surface area contributed by atoms with Crippen LogP contribution in [0.2, 0.25) is 0 Å². The van der Waals surface area contributed by atoms with Crippen molar-refractivity contribution in [1.82, 2.24) is 4.90 Å². The number of fused-ring (bicyclic) bond motifs is 1. The first-order valence-corrected chi connectivity index (χ1v) is 11.9. The van der Waals surface area contributed by atoms with Gasteiger partial charge in [0.1, 0.15) is 18.1 Å². The minimum absolute atomic E-state index is 0.115. The van der Waals surface area contributed by atoms with Gasteiger partial charge in [-0.25, -0.2) is 0 Å². The summed E-state index contributed by atoms with van der Waals surface area (Å²) in [7, 11) is 0. The van der Waals surface area contributed by atoms with E-state index >= 15 is 0 Å². The Kier molecular flexibility index (Phi) is 6.31. The number of hydrogen-bond donors (Lipinski definition) is 1. The van der Waals surface area contributed by atoms with Gasteiger partial charge in [0.15, 0.2) is 0 Å². The van der Waals surface area contributed by atoms with Gasteiger partial charge in [-0.2, -0.15) is 0 Å². The number of rotatable bonds is 6. The Morgan fingerprint density at radius 1 is 0.844 bits per heavy atom. The number of benzene rings is 3. The van der Waals surface area contributed by atoms with Crippen molar-refractivity contribution in [2.24, 2.45) is 0 Å². The second-order valence-electron chi connectivity index (χ2n) is 8.88. The third-order valence-corrected chi connectivity index (χ3v) is 6.76. The van der Waals surface area contributed by atoms with Gasteiger partial charge in [0.25, 0.3) is 0 Å². The van der Waals surface area contributed by atoms with Gasteiger partial charge in [-0.3, -0.25) is 4.90 Å². The normalized spacial score (nSPS) is 18.9. The van der Waals surface area contributed by atoms with E-state index in [0.717, 1.165) is 31.9 Å². The number of aromatic hydroxyl groups is 1. The number of likely N-dealkylation sites (tertiary alicyclic amines) is 1. The fourth-order valence-electron chi connectivity index (χ4n) is 5.09. The molecule has 2 aliphatic rings. The Bertz CT molecular complexity index is 1010. The second-order valence-corrected chi connectivity index (χ2v) is 8.88. The largest absolute Gasteiger partial charge is 0.508 e. The molecular weight excluding hydrogens is 396 g/mol. The van der Waals surface area contributed by atoms with Crippen LogP contribution in [0.25, 0.3) is 0 Å². The number of piperidine rings is 1. The smallest absolute Gasteiger partial charge is 0.119 e. The molecule has 3 aromatic rings. The molecule has 4 heteroatoms. The Hall–Kier alpha value is -2.98. The summed E-state index contributed by atoms with van der Waals surface area (Å²) in [5, 5.41) is 10.0. The first-order chi connectivity index (χ1) is 15.8. The van der Waals surface area contributed by atoms with E-state index in [9.17, 15) is 5.11 Å². The highest BCUT2D eigenvalue weighted by Gasteiger charge is 2.29. The summed E-state index contributed by atoms with van der Waals surface area (Å²) >= 11 is 0. The highest BCUT2D eigenvalue weighted by Crippen LogP contribution is 2.39. The number of para-hydroxylation sites is 1. The van der Waals surface area contributed by atoms with E-state index in [1.807, 2.05) is 6.07 Å². The van der Waals surface area contributed by atoms with E-state index in [1.54, 1.807) is 6.07 Å². The van der Waals surface area contributed by atoms with Crippen molar-refractivity contribution in [3.63, 3.8) is 0 Å². The number of phenolic OH excluding ortho intramolecular Hbond substituents is 1. The molecule has 0 bridgehead atoms.